The molecular weight excluding hydrogens is 556 g/mol. The van der Waals surface area contributed by atoms with Crippen LogP contribution in [0.15, 0.2) is 103 Å². The number of amides is 1. The number of rotatable bonds is 14. The molecule has 1 amide bonds. The Labute approximate surface area is 269 Å². The van der Waals surface area contributed by atoms with E-state index in [0.717, 1.165) is 50.3 Å². The molecule has 0 aliphatic carbocycles. The van der Waals surface area contributed by atoms with Crippen molar-refractivity contribution in [2.24, 2.45) is 0 Å². The number of nitrogens with zero attached hydrogens (tertiary/aromatic N) is 4. The zero-order valence-electron chi connectivity index (χ0n) is 27.4. The van der Waals surface area contributed by atoms with Gasteiger partial charge in [-0.1, -0.05) is 106 Å². The third kappa shape index (κ3) is 9.10. The van der Waals surface area contributed by atoms with Gasteiger partial charge in [0.15, 0.2) is 0 Å². The molecule has 5 rings (SSSR count). The van der Waals surface area contributed by atoms with Gasteiger partial charge in [0.25, 0.3) is 0 Å². The summed E-state index contributed by atoms with van der Waals surface area (Å²) in [5, 5.41) is 0. The van der Waals surface area contributed by atoms with Crippen LogP contribution in [0, 0.1) is 0 Å². The Morgan fingerprint density at radius 3 is 2.20 bits per heavy atom. The minimum atomic E-state index is -0.0716. The Bertz CT molecular complexity index is 1430. The minimum absolute atomic E-state index is 0.0716. The maximum atomic E-state index is 13.6. The highest BCUT2D eigenvalue weighted by Crippen LogP contribution is 2.33. The fraction of sp³-hybridized carbons (Fsp3) is 0.385. The van der Waals surface area contributed by atoms with Crippen LogP contribution in [-0.2, 0) is 41.1 Å². The Balaban J connectivity index is 1.30. The molecule has 1 atom stereocenters. The molecular formula is C39H48N4O2. The van der Waals surface area contributed by atoms with Crippen LogP contribution in [0.3, 0.4) is 0 Å². The molecule has 1 aliphatic heterocycles. The van der Waals surface area contributed by atoms with Crippen LogP contribution >= 0.6 is 0 Å². The van der Waals surface area contributed by atoms with Gasteiger partial charge in [-0.3, -0.25) is 19.6 Å². The van der Waals surface area contributed by atoms with E-state index in [1.54, 1.807) is 7.11 Å². The summed E-state index contributed by atoms with van der Waals surface area (Å²) < 4.78 is 5.27. The summed E-state index contributed by atoms with van der Waals surface area (Å²) in [4.78, 5) is 25.1. The van der Waals surface area contributed by atoms with Crippen LogP contribution in [-0.4, -0.2) is 58.9 Å². The molecule has 0 bridgehead atoms. The van der Waals surface area contributed by atoms with E-state index in [1.165, 1.54) is 22.3 Å². The Morgan fingerprint density at radius 2 is 1.53 bits per heavy atom. The van der Waals surface area contributed by atoms with Crippen molar-refractivity contribution in [3.05, 3.63) is 137 Å². The number of methoxy groups -OCH3 is 1. The smallest absolute Gasteiger partial charge is 0.238 e. The molecule has 0 saturated carbocycles. The summed E-state index contributed by atoms with van der Waals surface area (Å²) in [5.74, 6) is 0.200. The van der Waals surface area contributed by atoms with E-state index < -0.39 is 0 Å². The predicted octanol–water partition coefficient (Wildman–Crippen LogP) is 7.00. The van der Waals surface area contributed by atoms with Gasteiger partial charge in [-0.2, -0.15) is 0 Å². The Kier molecular flexibility index (Phi) is 11.2. The maximum absolute atomic E-state index is 13.6. The van der Waals surface area contributed by atoms with E-state index in [4.69, 9.17) is 4.74 Å². The minimum Gasteiger partial charge on any atom is -0.380 e. The maximum Gasteiger partial charge on any atom is 0.238 e. The van der Waals surface area contributed by atoms with Crippen LogP contribution in [0.4, 0.5) is 0 Å². The van der Waals surface area contributed by atoms with E-state index in [1.807, 2.05) is 12.3 Å². The third-order valence-corrected chi connectivity index (χ3v) is 8.63. The largest absolute Gasteiger partial charge is 0.380 e. The van der Waals surface area contributed by atoms with E-state index in [2.05, 4.69) is 131 Å². The number of pyridine rings is 1. The first-order valence-corrected chi connectivity index (χ1v) is 16.2. The van der Waals surface area contributed by atoms with Gasteiger partial charge < -0.3 is 9.64 Å². The molecule has 0 spiro atoms. The second-order valence-corrected chi connectivity index (χ2v) is 13.2. The number of ether oxygens (including phenoxy) is 1. The highest BCUT2D eigenvalue weighted by atomic mass is 16.5. The van der Waals surface area contributed by atoms with E-state index >= 15 is 0 Å². The molecule has 3 aromatic carbocycles. The number of hydrogen-bond donors (Lipinski definition) is 0. The second-order valence-electron chi connectivity index (χ2n) is 13.2. The molecule has 1 aromatic heterocycles. The third-order valence-electron chi connectivity index (χ3n) is 8.63. The van der Waals surface area contributed by atoms with Crippen molar-refractivity contribution in [2.45, 2.75) is 64.9 Å². The number of hydrogen-bond acceptors (Lipinski definition) is 5. The van der Waals surface area contributed by atoms with Crippen molar-refractivity contribution in [1.29, 1.82) is 0 Å². The lowest BCUT2D eigenvalue weighted by Gasteiger charge is -2.32. The van der Waals surface area contributed by atoms with Gasteiger partial charge in [0.05, 0.1) is 18.8 Å². The Morgan fingerprint density at radius 1 is 0.822 bits per heavy atom. The average Bonchev–Trinajstić information content (AvgIpc) is 3.35. The molecule has 6 heteroatoms. The molecule has 6 nitrogen and oxygen atoms in total. The number of aromatic nitrogens is 1. The topological polar surface area (TPSA) is 48.9 Å². The van der Waals surface area contributed by atoms with Gasteiger partial charge in [0.2, 0.25) is 5.91 Å². The lowest BCUT2D eigenvalue weighted by Crippen LogP contribution is -2.35. The average molecular weight is 605 g/mol. The summed E-state index contributed by atoms with van der Waals surface area (Å²) in [5.41, 5.74) is 7.31. The molecule has 2 heterocycles. The first-order valence-electron chi connectivity index (χ1n) is 16.2. The summed E-state index contributed by atoms with van der Waals surface area (Å²) in [6, 6.07) is 34.2. The summed E-state index contributed by atoms with van der Waals surface area (Å²) in [6.45, 7) is 11.9. The summed E-state index contributed by atoms with van der Waals surface area (Å²) in [7, 11) is 1.72. The van der Waals surface area contributed by atoms with Crippen LogP contribution < -0.4 is 0 Å². The molecule has 4 aromatic rings. The zero-order chi connectivity index (χ0) is 31.6. The van der Waals surface area contributed by atoms with E-state index in [-0.39, 0.29) is 17.5 Å². The van der Waals surface area contributed by atoms with Crippen LogP contribution in [0.5, 0.6) is 0 Å². The van der Waals surface area contributed by atoms with E-state index in [9.17, 15) is 4.79 Å². The monoisotopic (exact) mass is 604 g/mol. The van der Waals surface area contributed by atoms with Gasteiger partial charge in [-0.25, -0.2) is 0 Å². The van der Waals surface area contributed by atoms with Gasteiger partial charge in [-0.15, -0.1) is 0 Å². The van der Waals surface area contributed by atoms with Gasteiger partial charge in [0, 0.05) is 46.0 Å². The van der Waals surface area contributed by atoms with Crippen LogP contribution in [0.1, 0.15) is 66.9 Å². The van der Waals surface area contributed by atoms with Gasteiger partial charge >= 0.3 is 0 Å². The quantitative estimate of drug-likeness (QED) is 0.155. The van der Waals surface area contributed by atoms with Crippen LogP contribution in [0.2, 0.25) is 0 Å². The number of benzene rings is 3. The number of carbonyl (C=O) groups excluding carboxylic acids is 1. The Hall–Kier alpha value is -3.84. The SMILES string of the molecule is COCc1ccc(CCN2C(=O)CN(CCCN(Cc3ccccc3)Cc3ccccn3)C2c2ccc(C(C)(C)C)cc2)cc1. The predicted molar refractivity (Wildman–Crippen MR) is 181 cm³/mol. The van der Waals surface area contributed by atoms with Crippen molar-refractivity contribution in [3.63, 3.8) is 0 Å². The highest BCUT2D eigenvalue weighted by molar-refractivity contribution is 5.81. The van der Waals surface area contributed by atoms with Crippen molar-refractivity contribution in [3.8, 4) is 0 Å². The summed E-state index contributed by atoms with van der Waals surface area (Å²) >= 11 is 0. The lowest BCUT2D eigenvalue weighted by molar-refractivity contribution is -0.128. The standard InChI is InChI=1S/C39H48N4O2/c1-39(2,3)35-20-18-34(19-21-35)38-42(29-37(44)43(38)26-22-31-14-16-33(17-15-31)30-45-4)25-10-24-41(27-32-11-6-5-7-12-32)28-36-13-8-9-23-40-36/h5-9,11-21,23,38H,10,22,24-30H2,1-4H3. The molecule has 45 heavy (non-hydrogen) atoms. The zero-order valence-corrected chi connectivity index (χ0v) is 27.4. The van der Waals surface area contributed by atoms with Crippen molar-refractivity contribution in [1.82, 2.24) is 19.7 Å². The molecule has 1 aliphatic rings. The second kappa shape index (κ2) is 15.4. The van der Waals surface area contributed by atoms with Crippen molar-refractivity contribution >= 4 is 5.91 Å². The van der Waals surface area contributed by atoms with Crippen molar-refractivity contribution in [2.75, 3.05) is 33.3 Å². The molecule has 0 N–H and O–H groups in total. The normalized spacial score (nSPS) is 15.7. The van der Waals surface area contributed by atoms with Gasteiger partial charge in [0.1, 0.15) is 6.17 Å². The highest BCUT2D eigenvalue weighted by Gasteiger charge is 2.38. The van der Waals surface area contributed by atoms with E-state index in [0.29, 0.717) is 19.7 Å². The fourth-order valence-corrected chi connectivity index (χ4v) is 6.17. The summed E-state index contributed by atoms with van der Waals surface area (Å²) in [6.07, 6.45) is 3.57. The molecule has 236 valence electrons. The molecule has 1 saturated heterocycles. The number of carbonyl (C=O) groups is 1. The van der Waals surface area contributed by atoms with Crippen LogP contribution in [0.25, 0.3) is 0 Å². The fourth-order valence-electron chi connectivity index (χ4n) is 6.17. The first kappa shape index (κ1) is 32.6. The van der Waals surface area contributed by atoms with Gasteiger partial charge in [-0.05, 0) is 58.2 Å². The molecule has 1 unspecified atom stereocenters. The molecule has 0 radical (unpaired) electrons. The lowest BCUT2D eigenvalue weighted by atomic mass is 9.86. The first-order chi connectivity index (χ1) is 21.8. The molecule has 1 fully saturated rings. The van der Waals surface area contributed by atoms with Crippen molar-refractivity contribution < 1.29 is 9.53 Å².